The van der Waals surface area contributed by atoms with Crippen molar-refractivity contribution in [2.45, 2.75) is 20.8 Å². The van der Waals surface area contributed by atoms with Crippen LogP contribution >= 0.6 is 9.24 Å². The van der Waals surface area contributed by atoms with E-state index in [1.165, 1.54) is 0 Å². The number of anilines is 1. The van der Waals surface area contributed by atoms with Gasteiger partial charge in [0.15, 0.2) is 0 Å². The Kier molecular flexibility index (Phi) is 5.27. The molecule has 0 saturated heterocycles. The van der Waals surface area contributed by atoms with Crippen LogP contribution in [0.2, 0.25) is 0 Å². The van der Waals surface area contributed by atoms with Gasteiger partial charge in [0, 0.05) is 29.6 Å². The summed E-state index contributed by atoms with van der Waals surface area (Å²) >= 11 is 0. The van der Waals surface area contributed by atoms with E-state index in [1.807, 2.05) is 49.6 Å². The molecular formula is C18H24N3OP. The highest BCUT2D eigenvalue weighted by Gasteiger charge is 2.21. The maximum Gasteiger partial charge on any atom is 0.119 e. The molecule has 0 bridgehead atoms. The molecule has 122 valence electrons. The normalized spacial score (nSPS) is 11.6. The Hall–Kier alpha value is -2.06. The number of allylic oxidation sites excluding steroid dienone is 1. The number of rotatable bonds is 5. The van der Waals surface area contributed by atoms with E-state index in [1.54, 1.807) is 7.05 Å². The molecule has 0 aliphatic carbocycles. The SMILES string of the molecule is C=C(C)c1c(C(C)=NC)c(P)n(-c2ccc(OCC)cc2)c1N. The van der Waals surface area contributed by atoms with Gasteiger partial charge in [-0.05, 0) is 50.6 Å². The quantitative estimate of drug-likeness (QED) is 0.675. The Morgan fingerprint density at radius 1 is 1.26 bits per heavy atom. The van der Waals surface area contributed by atoms with Gasteiger partial charge in [-0.1, -0.05) is 15.8 Å². The molecule has 4 nitrogen and oxygen atoms in total. The molecule has 0 amide bonds. The lowest BCUT2D eigenvalue weighted by Gasteiger charge is -2.11. The monoisotopic (exact) mass is 329 g/mol. The first-order valence-electron chi connectivity index (χ1n) is 7.54. The van der Waals surface area contributed by atoms with Gasteiger partial charge >= 0.3 is 0 Å². The van der Waals surface area contributed by atoms with Crippen LogP contribution in [-0.4, -0.2) is 23.9 Å². The van der Waals surface area contributed by atoms with Crippen molar-refractivity contribution in [2.24, 2.45) is 4.99 Å². The number of ether oxygens (including phenoxy) is 1. The average molecular weight is 329 g/mol. The fraction of sp³-hybridized carbons (Fsp3) is 0.278. The maximum atomic E-state index is 6.43. The van der Waals surface area contributed by atoms with Gasteiger partial charge in [0.25, 0.3) is 0 Å². The van der Waals surface area contributed by atoms with E-state index >= 15 is 0 Å². The van der Waals surface area contributed by atoms with Crippen LogP contribution in [0.25, 0.3) is 11.3 Å². The van der Waals surface area contributed by atoms with Gasteiger partial charge in [0.2, 0.25) is 0 Å². The van der Waals surface area contributed by atoms with Crippen molar-refractivity contribution in [1.29, 1.82) is 0 Å². The molecule has 2 N–H and O–H groups in total. The van der Waals surface area contributed by atoms with Gasteiger partial charge in [0.05, 0.1) is 12.0 Å². The number of benzene rings is 1. The molecule has 0 fully saturated rings. The molecular weight excluding hydrogens is 305 g/mol. The number of hydrogen-bond donors (Lipinski definition) is 1. The van der Waals surface area contributed by atoms with Crippen LogP contribution in [0.3, 0.4) is 0 Å². The highest BCUT2D eigenvalue weighted by Crippen LogP contribution is 2.30. The molecule has 1 heterocycles. The Balaban J connectivity index is 2.66. The molecule has 2 rings (SSSR count). The van der Waals surface area contributed by atoms with Gasteiger partial charge in [-0.25, -0.2) is 0 Å². The van der Waals surface area contributed by atoms with Crippen molar-refractivity contribution in [2.75, 3.05) is 19.4 Å². The summed E-state index contributed by atoms with van der Waals surface area (Å²) in [4.78, 5) is 4.32. The second-order valence-corrected chi connectivity index (χ2v) is 5.92. The molecule has 1 atom stereocenters. The van der Waals surface area contributed by atoms with Crippen molar-refractivity contribution in [3.8, 4) is 11.4 Å². The van der Waals surface area contributed by atoms with E-state index in [9.17, 15) is 0 Å². The first kappa shape index (κ1) is 17.3. The molecule has 5 heteroatoms. The lowest BCUT2D eigenvalue weighted by atomic mass is 10.0. The lowest BCUT2D eigenvalue weighted by Crippen LogP contribution is -2.15. The van der Waals surface area contributed by atoms with Crippen molar-refractivity contribution in [3.63, 3.8) is 0 Å². The summed E-state index contributed by atoms with van der Waals surface area (Å²) in [6.45, 7) is 10.6. The molecule has 1 aromatic carbocycles. The third kappa shape index (κ3) is 3.18. The zero-order valence-electron chi connectivity index (χ0n) is 14.2. The summed E-state index contributed by atoms with van der Waals surface area (Å²) in [6.07, 6.45) is 0. The zero-order valence-corrected chi connectivity index (χ0v) is 15.3. The minimum Gasteiger partial charge on any atom is -0.494 e. The molecule has 23 heavy (non-hydrogen) atoms. The number of aromatic nitrogens is 1. The van der Waals surface area contributed by atoms with E-state index in [-0.39, 0.29) is 0 Å². The number of aliphatic imine (C=N–C) groups is 1. The Bertz CT molecular complexity index is 758. The predicted octanol–water partition coefficient (Wildman–Crippen LogP) is 3.43. The van der Waals surface area contributed by atoms with Crippen LogP contribution in [0.15, 0.2) is 35.8 Å². The highest BCUT2D eigenvalue weighted by molar-refractivity contribution is 7.27. The standard InChI is InChI=1S/C18H24N3OP/c1-6-22-14-9-7-13(8-10-14)21-17(19)15(11(2)3)16(18(21)23)12(4)20-5/h7-10H,2,6,19,23H2,1,3-5H3. The number of nitrogens with two attached hydrogens (primary N) is 1. The van der Waals surface area contributed by atoms with Crippen LogP contribution in [0.4, 0.5) is 5.82 Å². The highest BCUT2D eigenvalue weighted by atomic mass is 31.0. The van der Waals surface area contributed by atoms with Gasteiger partial charge in [-0.15, -0.1) is 0 Å². The molecule has 0 radical (unpaired) electrons. The van der Waals surface area contributed by atoms with Crippen LogP contribution in [-0.2, 0) is 0 Å². The summed E-state index contributed by atoms with van der Waals surface area (Å²) in [6, 6.07) is 7.89. The zero-order chi connectivity index (χ0) is 17.1. The molecule has 1 unspecified atom stereocenters. The average Bonchev–Trinajstić information content (AvgIpc) is 2.79. The number of hydrogen-bond acceptors (Lipinski definition) is 3. The minimum atomic E-state index is 0.649. The van der Waals surface area contributed by atoms with Gasteiger partial charge in [-0.2, -0.15) is 0 Å². The third-order valence-electron chi connectivity index (χ3n) is 3.77. The van der Waals surface area contributed by atoms with E-state index in [0.29, 0.717) is 12.4 Å². The fourth-order valence-electron chi connectivity index (χ4n) is 2.66. The number of nitrogen functional groups attached to an aromatic ring is 1. The van der Waals surface area contributed by atoms with Crippen LogP contribution < -0.4 is 15.9 Å². The molecule has 0 aliphatic heterocycles. The maximum absolute atomic E-state index is 6.43. The molecule has 0 saturated carbocycles. The summed E-state index contributed by atoms with van der Waals surface area (Å²) in [5, 5.41) is 0. The summed E-state index contributed by atoms with van der Waals surface area (Å²) in [7, 11) is 4.56. The van der Waals surface area contributed by atoms with Crippen LogP contribution in [0.1, 0.15) is 31.9 Å². The van der Waals surface area contributed by atoms with Crippen LogP contribution in [0.5, 0.6) is 5.75 Å². The molecule has 1 aromatic heterocycles. The summed E-state index contributed by atoms with van der Waals surface area (Å²) < 4.78 is 7.51. The van der Waals surface area contributed by atoms with E-state index in [2.05, 4.69) is 20.8 Å². The minimum absolute atomic E-state index is 0.649. The Morgan fingerprint density at radius 3 is 2.35 bits per heavy atom. The molecule has 2 aromatic rings. The third-order valence-corrected chi connectivity index (χ3v) is 4.32. The van der Waals surface area contributed by atoms with Crippen molar-refractivity contribution >= 4 is 31.8 Å². The van der Waals surface area contributed by atoms with E-state index in [4.69, 9.17) is 10.5 Å². The molecule has 0 spiro atoms. The lowest BCUT2D eigenvalue weighted by molar-refractivity contribution is 0.340. The number of nitrogens with zero attached hydrogens (tertiary/aromatic N) is 2. The Morgan fingerprint density at radius 2 is 1.87 bits per heavy atom. The first-order chi connectivity index (χ1) is 10.9. The van der Waals surface area contributed by atoms with E-state index < -0.39 is 0 Å². The van der Waals surface area contributed by atoms with Crippen molar-refractivity contribution in [3.05, 3.63) is 42.0 Å². The van der Waals surface area contributed by atoms with Gasteiger partial charge in [-0.3, -0.25) is 9.56 Å². The van der Waals surface area contributed by atoms with E-state index in [0.717, 1.165) is 39.3 Å². The fourth-order valence-corrected chi connectivity index (χ4v) is 3.30. The summed E-state index contributed by atoms with van der Waals surface area (Å²) in [5.41, 5.74) is 12.2. The summed E-state index contributed by atoms with van der Waals surface area (Å²) in [5.74, 6) is 1.52. The Labute approximate surface area is 140 Å². The van der Waals surface area contributed by atoms with Gasteiger partial charge in [0.1, 0.15) is 11.6 Å². The van der Waals surface area contributed by atoms with Gasteiger partial charge < -0.3 is 10.5 Å². The molecule has 0 aliphatic rings. The predicted molar refractivity (Wildman–Crippen MR) is 104 cm³/mol. The van der Waals surface area contributed by atoms with Crippen molar-refractivity contribution in [1.82, 2.24) is 4.57 Å². The van der Waals surface area contributed by atoms with Crippen LogP contribution in [0, 0.1) is 0 Å². The topological polar surface area (TPSA) is 52.5 Å². The second-order valence-electron chi connectivity index (χ2n) is 5.37. The largest absolute Gasteiger partial charge is 0.494 e. The second kappa shape index (κ2) is 7.01. The van der Waals surface area contributed by atoms with Crippen molar-refractivity contribution < 1.29 is 4.74 Å². The first-order valence-corrected chi connectivity index (χ1v) is 8.12. The smallest absolute Gasteiger partial charge is 0.119 e.